The van der Waals surface area contributed by atoms with Gasteiger partial charge >= 0.3 is 5.97 Å². The number of aromatic nitrogens is 1. The molecule has 0 fully saturated rings. The molecule has 0 spiro atoms. The number of halogens is 2. The van der Waals surface area contributed by atoms with Crippen LogP contribution in [0.15, 0.2) is 28.9 Å². The summed E-state index contributed by atoms with van der Waals surface area (Å²) in [4.78, 5) is 15.4. The number of hydrogen-bond acceptors (Lipinski definition) is 4. The van der Waals surface area contributed by atoms with Gasteiger partial charge in [-0.15, -0.1) is 0 Å². The minimum atomic E-state index is -0.428. The summed E-state index contributed by atoms with van der Waals surface area (Å²) in [6.07, 6.45) is 1.50. The van der Waals surface area contributed by atoms with Gasteiger partial charge in [-0.3, -0.25) is 0 Å². The molecule has 0 saturated carbocycles. The molecule has 0 bridgehead atoms. The van der Waals surface area contributed by atoms with Gasteiger partial charge < -0.3 is 9.47 Å². The number of hydrogen-bond donors (Lipinski definition) is 0. The number of ether oxygens (including phenoxy) is 2. The van der Waals surface area contributed by atoms with Gasteiger partial charge in [-0.25, -0.2) is 9.78 Å². The second-order valence-electron chi connectivity index (χ2n) is 3.69. The van der Waals surface area contributed by atoms with Crippen LogP contribution in [-0.2, 0) is 9.53 Å². The SMILES string of the molecule is CCOC(=O)COc1ncc(Cl)c2ccc(Br)cc12. The number of rotatable bonds is 4. The predicted molar refractivity (Wildman–Crippen MR) is 76.6 cm³/mol. The van der Waals surface area contributed by atoms with Gasteiger partial charge in [0, 0.05) is 15.2 Å². The molecule has 1 heterocycles. The average Bonchev–Trinajstić information content (AvgIpc) is 2.38. The number of fused-ring (bicyclic) bond motifs is 1. The Hall–Kier alpha value is -1.33. The summed E-state index contributed by atoms with van der Waals surface area (Å²) < 4.78 is 11.1. The Bertz CT molecular complexity index is 618. The summed E-state index contributed by atoms with van der Waals surface area (Å²) in [6.45, 7) is 1.89. The Kier molecular flexibility index (Phi) is 4.61. The maximum absolute atomic E-state index is 11.3. The number of carbonyl (C=O) groups excluding carboxylic acids is 1. The van der Waals surface area contributed by atoms with E-state index in [1.54, 1.807) is 6.92 Å². The third kappa shape index (κ3) is 3.36. The lowest BCUT2D eigenvalue weighted by Gasteiger charge is -2.09. The van der Waals surface area contributed by atoms with E-state index in [0.717, 1.165) is 15.2 Å². The van der Waals surface area contributed by atoms with Gasteiger partial charge in [-0.1, -0.05) is 33.6 Å². The summed E-state index contributed by atoms with van der Waals surface area (Å²) in [6, 6.07) is 5.58. The summed E-state index contributed by atoms with van der Waals surface area (Å²) in [7, 11) is 0. The van der Waals surface area contributed by atoms with E-state index in [4.69, 9.17) is 21.1 Å². The van der Waals surface area contributed by atoms with E-state index in [2.05, 4.69) is 20.9 Å². The van der Waals surface area contributed by atoms with Crippen molar-refractivity contribution in [3.05, 3.63) is 33.9 Å². The molecular formula is C13H11BrClNO3. The lowest BCUT2D eigenvalue weighted by atomic mass is 10.2. The van der Waals surface area contributed by atoms with Gasteiger partial charge in [0.2, 0.25) is 5.88 Å². The van der Waals surface area contributed by atoms with Gasteiger partial charge in [-0.2, -0.15) is 0 Å². The van der Waals surface area contributed by atoms with Gasteiger partial charge in [0.15, 0.2) is 6.61 Å². The van der Waals surface area contributed by atoms with Crippen LogP contribution in [0.1, 0.15) is 6.92 Å². The predicted octanol–water partition coefficient (Wildman–Crippen LogP) is 3.59. The van der Waals surface area contributed by atoms with Crippen LogP contribution in [0.2, 0.25) is 5.02 Å². The first-order valence-corrected chi connectivity index (χ1v) is 6.81. The highest BCUT2D eigenvalue weighted by atomic mass is 79.9. The maximum Gasteiger partial charge on any atom is 0.344 e. The lowest BCUT2D eigenvalue weighted by Crippen LogP contribution is -2.15. The van der Waals surface area contributed by atoms with Crippen LogP contribution >= 0.6 is 27.5 Å². The highest BCUT2D eigenvalue weighted by molar-refractivity contribution is 9.10. The van der Waals surface area contributed by atoms with E-state index in [9.17, 15) is 4.79 Å². The molecule has 1 aromatic carbocycles. The van der Waals surface area contributed by atoms with Crippen molar-refractivity contribution in [3.8, 4) is 5.88 Å². The van der Waals surface area contributed by atoms with Crippen molar-refractivity contribution in [2.45, 2.75) is 6.92 Å². The number of nitrogens with zero attached hydrogens (tertiary/aromatic N) is 1. The Morgan fingerprint density at radius 1 is 1.42 bits per heavy atom. The molecule has 0 amide bonds. The molecule has 0 aliphatic rings. The van der Waals surface area contributed by atoms with E-state index in [-0.39, 0.29) is 6.61 Å². The molecular weight excluding hydrogens is 334 g/mol. The van der Waals surface area contributed by atoms with Gasteiger partial charge in [-0.05, 0) is 19.1 Å². The molecule has 0 unspecified atom stereocenters. The molecule has 19 heavy (non-hydrogen) atoms. The van der Waals surface area contributed by atoms with Crippen molar-refractivity contribution < 1.29 is 14.3 Å². The van der Waals surface area contributed by atoms with Crippen LogP contribution in [0.4, 0.5) is 0 Å². The number of esters is 1. The topological polar surface area (TPSA) is 48.4 Å². The second-order valence-corrected chi connectivity index (χ2v) is 5.02. The third-order valence-corrected chi connectivity index (χ3v) is 3.19. The molecule has 0 aliphatic heterocycles. The molecule has 0 aliphatic carbocycles. The van der Waals surface area contributed by atoms with Crippen LogP contribution in [0.3, 0.4) is 0 Å². The fourth-order valence-corrected chi connectivity index (χ4v) is 2.18. The molecule has 0 atom stereocenters. The molecule has 100 valence electrons. The van der Waals surface area contributed by atoms with Crippen molar-refractivity contribution in [2.75, 3.05) is 13.2 Å². The molecule has 4 nitrogen and oxygen atoms in total. The highest BCUT2D eigenvalue weighted by Crippen LogP contribution is 2.31. The quantitative estimate of drug-likeness (QED) is 0.795. The summed E-state index contributed by atoms with van der Waals surface area (Å²) in [5.41, 5.74) is 0. The molecule has 0 radical (unpaired) electrons. The van der Waals surface area contributed by atoms with Crippen LogP contribution < -0.4 is 4.74 Å². The molecule has 2 rings (SSSR count). The Morgan fingerprint density at radius 3 is 2.95 bits per heavy atom. The van der Waals surface area contributed by atoms with Crippen molar-refractivity contribution in [1.29, 1.82) is 0 Å². The summed E-state index contributed by atoms with van der Waals surface area (Å²) >= 11 is 9.45. The van der Waals surface area contributed by atoms with Gasteiger partial charge in [0.25, 0.3) is 0 Å². The maximum atomic E-state index is 11.3. The van der Waals surface area contributed by atoms with Crippen LogP contribution in [0.25, 0.3) is 10.8 Å². The van der Waals surface area contributed by atoms with E-state index in [0.29, 0.717) is 17.5 Å². The number of carbonyl (C=O) groups is 1. The third-order valence-electron chi connectivity index (χ3n) is 2.40. The molecule has 2 aromatic rings. The van der Waals surface area contributed by atoms with E-state index < -0.39 is 5.97 Å². The minimum absolute atomic E-state index is 0.177. The second kappa shape index (κ2) is 6.21. The first-order chi connectivity index (χ1) is 9.11. The van der Waals surface area contributed by atoms with E-state index >= 15 is 0 Å². The smallest absolute Gasteiger partial charge is 0.344 e. The molecule has 6 heteroatoms. The lowest BCUT2D eigenvalue weighted by molar-refractivity contribution is -0.145. The Balaban J connectivity index is 2.30. The first-order valence-electron chi connectivity index (χ1n) is 5.64. The average molecular weight is 345 g/mol. The van der Waals surface area contributed by atoms with E-state index in [1.165, 1.54) is 6.20 Å². The first kappa shape index (κ1) is 14.1. The minimum Gasteiger partial charge on any atom is -0.465 e. The van der Waals surface area contributed by atoms with Crippen molar-refractivity contribution in [3.63, 3.8) is 0 Å². The van der Waals surface area contributed by atoms with Crippen molar-refractivity contribution >= 4 is 44.3 Å². The van der Waals surface area contributed by atoms with E-state index in [1.807, 2.05) is 18.2 Å². The number of pyridine rings is 1. The van der Waals surface area contributed by atoms with Crippen molar-refractivity contribution in [2.24, 2.45) is 0 Å². The monoisotopic (exact) mass is 343 g/mol. The normalized spacial score (nSPS) is 10.5. The Labute approximate surface area is 123 Å². The van der Waals surface area contributed by atoms with Crippen LogP contribution in [0, 0.1) is 0 Å². The molecule has 0 N–H and O–H groups in total. The van der Waals surface area contributed by atoms with Crippen LogP contribution in [0.5, 0.6) is 5.88 Å². The summed E-state index contributed by atoms with van der Waals surface area (Å²) in [5, 5.41) is 2.09. The zero-order chi connectivity index (χ0) is 13.8. The molecule has 1 aromatic heterocycles. The Morgan fingerprint density at radius 2 is 2.21 bits per heavy atom. The highest BCUT2D eigenvalue weighted by Gasteiger charge is 2.10. The zero-order valence-corrected chi connectivity index (χ0v) is 12.5. The fraction of sp³-hybridized carbons (Fsp3) is 0.231. The largest absolute Gasteiger partial charge is 0.465 e. The standard InChI is InChI=1S/C13H11BrClNO3/c1-2-18-12(17)7-19-13-10-5-8(14)3-4-9(10)11(15)6-16-13/h3-6H,2,7H2,1H3. The zero-order valence-electron chi connectivity index (χ0n) is 10.2. The van der Waals surface area contributed by atoms with Gasteiger partial charge in [0.1, 0.15) is 0 Å². The summed E-state index contributed by atoms with van der Waals surface area (Å²) in [5.74, 6) is -0.0730. The number of benzene rings is 1. The van der Waals surface area contributed by atoms with Crippen molar-refractivity contribution in [1.82, 2.24) is 4.98 Å². The fourth-order valence-electron chi connectivity index (χ4n) is 1.60. The van der Waals surface area contributed by atoms with Crippen LogP contribution in [-0.4, -0.2) is 24.2 Å². The van der Waals surface area contributed by atoms with Gasteiger partial charge in [0.05, 0.1) is 17.8 Å². The molecule has 0 saturated heterocycles.